The number of hydrogen-bond acceptors (Lipinski definition) is 2. The monoisotopic (exact) mass is 304 g/mol. The molecule has 1 rings (SSSR count). The number of rotatable bonds is 8. The van der Waals surface area contributed by atoms with E-state index in [9.17, 15) is 18.0 Å². The molecule has 1 unspecified atom stereocenters. The molecule has 1 aromatic carbocycles. The maximum absolute atomic E-state index is 12.8. The fourth-order valence-electron chi connectivity index (χ4n) is 1.93. The van der Waals surface area contributed by atoms with Crippen molar-refractivity contribution in [3.05, 3.63) is 29.8 Å². The Morgan fingerprint density at radius 1 is 1.24 bits per heavy atom. The van der Waals surface area contributed by atoms with Crippen molar-refractivity contribution < 1.29 is 27.8 Å². The second kappa shape index (κ2) is 7.90. The molecule has 6 heteroatoms. The van der Waals surface area contributed by atoms with Gasteiger partial charge in [-0.2, -0.15) is 13.2 Å². The molecule has 0 saturated heterocycles. The summed E-state index contributed by atoms with van der Waals surface area (Å²) in [5.41, 5.74) is 0.110. The summed E-state index contributed by atoms with van der Waals surface area (Å²) in [5.74, 6) is -2.04. The summed E-state index contributed by atoms with van der Waals surface area (Å²) in [5, 5.41) is 8.73. The minimum Gasteiger partial charge on any atom is -0.494 e. The molecule has 0 radical (unpaired) electrons. The van der Waals surface area contributed by atoms with Crippen LogP contribution < -0.4 is 4.74 Å². The molecule has 1 atom stereocenters. The summed E-state index contributed by atoms with van der Waals surface area (Å²) >= 11 is 0. The number of carboxylic acids is 1. The lowest BCUT2D eigenvalue weighted by Crippen LogP contribution is -2.24. The number of carboxylic acid groups (broad SMARTS) is 1. The number of alkyl halides is 3. The first-order chi connectivity index (χ1) is 9.84. The van der Waals surface area contributed by atoms with Crippen molar-refractivity contribution >= 4 is 5.97 Å². The van der Waals surface area contributed by atoms with E-state index in [1.54, 1.807) is 0 Å². The van der Waals surface area contributed by atoms with E-state index < -0.39 is 18.1 Å². The van der Waals surface area contributed by atoms with Crippen molar-refractivity contribution in [1.29, 1.82) is 0 Å². The van der Waals surface area contributed by atoms with Crippen LogP contribution in [0.1, 0.15) is 43.0 Å². The number of hydrogen-bond donors (Lipinski definition) is 1. The summed E-state index contributed by atoms with van der Waals surface area (Å²) in [6, 6.07) is 5.60. The average molecular weight is 304 g/mol. The van der Waals surface area contributed by atoms with Crippen molar-refractivity contribution in [1.82, 2.24) is 0 Å². The minimum absolute atomic E-state index is 0.0414. The van der Waals surface area contributed by atoms with E-state index in [-0.39, 0.29) is 25.0 Å². The second-order valence-corrected chi connectivity index (χ2v) is 4.85. The summed E-state index contributed by atoms with van der Waals surface area (Å²) in [7, 11) is 0. The molecule has 118 valence electrons. The smallest absolute Gasteiger partial charge is 0.391 e. The quantitative estimate of drug-likeness (QED) is 0.768. The standard InChI is InChI=1S/C15H19F3O3/c1-2-3-4-12(15(16,17)18)9-10-21-13-7-5-11(6-8-13)14(19)20/h5-8,12H,2-4,9-10H2,1H3,(H,19,20). The fraction of sp³-hybridized carbons (Fsp3) is 0.533. The van der Waals surface area contributed by atoms with Crippen LogP contribution in [0.4, 0.5) is 13.2 Å². The Morgan fingerprint density at radius 2 is 1.86 bits per heavy atom. The largest absolute Gasteiger partial charge is 0.494 e. The van der Waals surface area contributed by atoms with Gasteiger partial charge in [-0.1, -0.05) is 19.8 Å². The third-order valence-corrected chi connectivity index (χ3v) is 3.21. The predicted molar refractivity (Wildman–Crippen MR) is 72.6 cm³/mol. The fourth-order valence-corrected chi connectivity index (χ4v) is 1.93. The zero-order chi connectivity index (χ0) is 15.9. The van der Waals surface area contributed by atoms with Gasteiger partial charge in [0, 0.05) is 0 Å². The molecule has 1 aromatic rings. The van der Waals surface area contributed by atoms with Crippen LogP contribution in [0, 0.1) is 5.92 Å². The van der Waals surface area contributed by atoms with Gasteiger partial charge in [0.2, 0.25) is 0 Å². The van der Waals surface area contributed by atoms with Crippen LogP contribution in [0.15, 0.2) is 24.3 Å². The molecule has 0 aliphatic rings. The number of benzene rings is 1. The van der Waals surface area contributed by atoms with Gasteiger partial charge in [0.1, 0.15) is 5.75 Å². The molecule has 0 bridgehead atoms. The molecule has 0 aliphatic carbocycles. The Kier molecular flexibility index (Phi) is 6.52. The highest BCUT2D eigenvalue weighted by molar-refractivity contribution is 5.87. The van der Waals surface area contributed by atoms with Gasteiger partial charge in [-0.25, -0.2) is 4.79 Å². The highest BCUT2D eigenvalue weighted by atomic mass is 19.4. The van der Waals surface area contributed by atoms with E-state index >= 15 is 0 Å². The van der Waals surface area contributed by atoms with Crippen molar-refractivity contribution in [3.8, 4) is 5.75 Å². The normalized spacial score (nSPS) is 13.0. The van der Waals surface area contributed by atoms with Crippen molar-refractivity contribution in [2.45, 2.75) is 38.8 Å². The third kappa shape index (κ3) is 6.06. The van der Waals surface area contributed by atoms with Crippen LogP contribution in [0.25, 0.3) is 0 Å². The summed E-state index contributed by atoms with van der Waals surface area (Å²) in [4.78, 5) is 10.7. The van der Waals surface area contributed by atoms with Crippen LogP contribution in [-0.2, 0) is 0 Å². The van der Waals surface area contributed by atoms with Gasteiger partial charge in [0.05, 0.1) is 18.1 Å². The molecule has 0 amide bonds. The summed E-state index contributed by atoms with van der Waals surface area (Å²) < 4.78 is 43.6. The molecular formula is C15H19F3O3. The first-order valence-corrected chi connectivity index (χ1v) is 6.87. The molecule has 0 aromatic heterocycles. The van der Waals surface area contributed by atoms with E-state index in [0.717, 1.165) is 6.42 Å². The van der Waals surface area contributed by atoms with Crippen LogP contribution in [0.5, 0.6) is 5.75 Å². The average Bonchev–Trinajstić information content (AvgIpc) is 2.41. The number of halogens is 3. The third-order valence-electron chi connectivity index (χ3n) is 3.21. The highest BCUT2D eigenvalue weighted by Crippen LogP contribution is 2.32. The molecule has 1 N–H and O–H groups in total. The lowest BCUT2D eigenvalue weighted by atomic mass is 9.98. The minimum atomic E-state index is -4.20. The number of aromatic carboxylic acids is 1. The van der Waals surface area contributed by atoms with Gasteiger partial charge < -0.3 is 9.84 Å². The molecule has 3 nitrogen and oxygen atoms in total. The van der Waals surface area contributed by atoms with Gasteiger partial charge in [0.25, 0.3) is 0 Å². The molecule has 21 heavy (non-hydrogen) atoms. The summed E-state index contributed by atoms with van der Waals surface area (Å²) in [6.07, 6.45) is -2.92. The zero-order valence-electron chi connectivity index (χ0n) is 11.8. The second-order valence-electron chi connectivity index (χ2n) is 4.85. The Morgan fingerprint density at radius 3 is 2.33 bits per heavy atom. The first-order valence-electron chi connectivity index (χ1n) is 6.87. The number of ether oxygens (including phenoxy) is 1. The number of carbonyl (C=O) groups is 1. The molecule has 0 heterocycles. The van der Waals surface area contributed by atoms with Gasteiger partial charge in [0.15, 0.2) is 0 Å². The van der Waals surface area contributed by atoms with Crippen molar-refractivity contribution in [3.63, 3.8) is 0 Å². The topological polar surface area (TPSA) is 46.5 Å². The van der Waals surface area contributed by atoms with E-state index in [1.807, 2.05) is 6.92 Å². The van der Waals surface area contributed by atoms with Crippen molar-refractivity contribution in [2.75, 3.05) is 6.61 Å². The number of unbranched alkanes of at least 4 members (excludes halogenated alkanes) is 1. The van der Waals surface area contributed by atoms with E-state index in [2.05, 4.69) is 0 Å². The van der Waals surface area contributed by atoms with Crippen LogP contribution in [-0.4, -0.2) is 23.9 Å². The highest BCUT2D eigenvalue weighted by Gasteiger charge is 2.38. The summed E-state index contributed by atoms with van der Waals surface area (Å²) in [6.45, 7) is 1.81. The molecule has 0 spiro atoms. The Hall–Kier alpha value is -1.72. The van der Waals surface area contributed by atoms with Gasteiger partial charge in [-0.15, -0.1) is 0 Å². The SMILES string of the molecule is CCCCC(CCOc1ccc(C(=O)O)cc1)C(F)(F)F. The van der Waals surface area contributed by atoms with Gasteiger partial charge >= 0.3 is 12.1 Å². The van der Waals surface area contributed by atoms with Gasteiger partial charge in [-0.05, 0) is 37.1 Å². The van der Waals surface area contributed by atoms with Gasteiger partial charge in [-0.3, -0.25) is 0 Å². The van der Waals surface area contributed by atoms with Crippen LogP contribution >= 0.6 is 0 Å². The zero-order valence-corrected chi connectivity index (χ0v) is 11.8. The maximum Gasteiger partial charge on any atom is 0.391 e. The Bertz CT molecular complexity index is 440. The predicted octanol–water partition coefficient (Wildman–Crippen LogP) is 4.52. The molecule has 0 aliphatic heterocycles. The van der Waals surface area contributed by atoms with E-state index in [0.29, 0.717) is 12.2 Å². The molecule has 0 fully saturated rings. The first kappa shape index (κ1) is 17.3. The van der Waals surface area contributed by atoms with E-state index in [4.69, 9.17) is 9.84 Å². The Balaban J connectivity index is 2.47. The lowest BCUT2D eigenvalue weighted by molar-refractivity contribution is -0.179. The molecule has 0 saturated carbocycles. The Labute approximate surface area is 121 Å². The van der Waals surface area contributed by atoms with Crippen LogP contribution in [0.3, 0.4) is 0 Å². The lowest BCUT2D eigenvalue weighted by Gasteiger charge is -2.20. The maximum atomic E-state index is 12.8. The van der Waals surface area contributed by atoms with Crippen LogP contribution in [0.2, 0.25) is 0 Å². The molecular weight excluding hydrogens is 285 g/mol. The van der Waals surface area contributed by atoms with Crippen molar-refractivity contribution in [2.24, 2.45) is 5.92 Å². The van der Waals surface area contributed by atoms with E-state index in [1.165, 1.54) is 24.3 Å².